The highest BCUT2D eigenvalue weighted by Gasteiger charge is 2.32. The van der Waals surface area contributed by atoms with Crippen LogP contribution in [-0.4, -0.2) is 23.6 Å². The minimum absolute atomic E-state index is 0.0370. The van der Waals surface area contributed by atoms with Crippen molar-refractivity contribution in [2.45, 2.75) is 13.8 Å². The van der Waals surface area contributed by atoms with E-state index in [1.807, 2.05) is 0 Å². The molecule has 0 aliphatic rings. The maximum atomic E-state index is 11.6. The Hall–Kier alpha value is -1.85. The van der Waals surface area contributed by atoms with Crippen molar-refractivity contribution in [1.82, 2.24) is 0 Å². The second-order valence-corrected chi connectivity index (χ2v) is 4.79. The van der Waals surface area contributed by atoms with Gasteiger partial charge in [-0.25, -0.2) is 14.2 Å². The van der Waals surface area contributed by atoms with Crippen molar-refractivity contribution in [2.75, 3.05) is 6.61 Å². The molecule has 0 aromatic heterocycles. The molecule has 7 nitrogen and oxygen atoms in total. The van der Waals surface area contributed by atoms with Crippen molar-refractivity contribution in [3.63, 3.8) is 0 Å². The fraction of sp³-hybridized carbons (Fsp3) is 0.273. The minimum Gasteiger partial charge on any atom is -0.434 e. The van der Waals surface area contributed by atoms with E-state index in [2.05, 4.69) is 13.8 Å². The number of benzene rings is 1. The molecule has 0 aliphatic heterocycles. The van der Waals surface area contributed by atoms with Gasteiger partial charge in [0.2, 0.25) is 0 Å². The Labute approximate surface area is 109 Å². The molecular formula is C11H13O7P. The lowest BCUT2D eigenvalue weighted by Crippen LogP contribution is -2.10. The molecule has 104 valence electrons. The van der Waals surface area contributed by atoms with E-state index in [1.54, 1.807) is 19.1 Å². The van der Waals surface area contributed by atoms with Crippen LogP contribution in [0.2, 0.25) is 0 Å². The van der Waals surface area contributed by atoms with Gasteiger partial charge in [0.15, 0.2) is 0 Å². The van der Waals surface area contributed by atoms with Gasteiger partial charge in [0.05, 0.1) is 12.2 Å². The number of phosphoric ester groups is 1. The van der Waals surface area contributed by atoms with Crippen molar-refractivity contribution in [3.8, 4) is 0 Å². The molecule has 1 aromatic rings. The van der Waals surface area contributed by atoms with Gasteiger partial charge >= 0.3 is 19.9 Å². The van der Waals surface area contributed by atoms with E-state index in [0.29, 0.717) is 0 Å². The average molecular weight is 288 g/mol. The molecule has 8 heteroatoms. The average Bonchev–Trinajstić information content (AvgIpc) is 2.27. The molecule has 1 unspecified atom stereocenters. The molecule has 1 atom stereocenters. The molecule has 1 aromatic carbocycles. The van der Waals surface area contributed by atoms with Crippen molar-refractivity contribution in [2.24, 2.45) is 0 Å². The summed E-state index contributed by atoms with van der Waals surface area (Å²) in [5.74, 6) is -1.07. The summed E-state index contributed by atoms with van der Waals surface area (Å²) in [4.78, 5) is 31.6. The third-order valence-corrected chi connectivity index (χ3v) is 2.68. The third-order valence-electron chi connectivity index (χ3n) is 1.90. The molecule has 0 amide bonds. The Morgan fingerprint density at radius 3 is 2.58 bits per heavy atom. The third kappa shape index (κ3) is 5.11. The zero-order chi connectivity index (χ0) is 14.5. The molecule has 1 N–H and O–H groups in total. The van der Waals surface area contributed by atoms with Crippen LogP contribution in [0.25, 0.3) is 0 Å². The highest BCUT2D eigenvalue weighted by molar-refractivity contribution is 7.48. The maximum absolute atomic E-state index is 11.6. The van der Waals surface area contributed by atoms with Crippen molar-refractivity contribution < 1.29 is 32.8 Å². The largest absolute Gasteiger partial charge is 0.591 e. The van der Waals surface area contributed by atoms with E-state index >= 15 is 0 Å². The van der Waals surface area contributed by atoms with E-state index in [-0.39, 0.29) is 12.2 Å². The zero-order valence-electron chi connectivity index (χ0n) is 10.4. The summed E-state index contributed by atoms with van der Waals surface area (Å²) in [5, 5.41) is 0. The molecule has 19 heavy (non-hydrogen) atoms. The van der Waals surface area contributed by atoms with Crippen LogP contribution in [0.5, 0.6) is 0 Å². The summed E-state index contributed by atoms with van der Waals surface area (Å²) < 4.78 is 23.9. The van der Waals surface area contributed by atoms with E-state index in [9.17, 15) is 19.0 Å². The van der Waals surface area contributed by atoms with E-state index in [4.69, 9.17) is 0 Å². The van der Waals surface area contributed by atoms with Crippen LogP contribution in [0.15, 0.2) is 24.3 Å². The van der Waals surface area contributed by atoms with E-state index < -0.39 is 19.9 Å². The summed E-state index contributed by atoms with van der Waals surface area (Å²) >= 11 is 0. The summed E-state index contributed by atoms with van der Waals surface area (Å²) in [6, 6.07) is 6.19. The van der Waals surface area contributed by atoms with Crippen LogP contribution in [0.3, 0.4) is 0 Å². The predicted molar refractivity (Wildman–Crippen MR) is 64.5 cm³/mol. The lowest BCUT2D eigenvalue weighted by atomic mass is 10.1. The molecule has 0 saturated heterocycles. The van der Waals surface area contributed by atoms with Gasteiger partial charge in [0.1, 0.15) is 0 Å². The number of hydrogen-bond acceptors (Lipinski definition) is 6. The first-order chi connectivity index (χ1) is 8.84. The van der Waals surface area contributed by atoms with Gasteiger partial charge in [-0.3, -0.25) is 4.89 Å². The number of aryl methyl sites for hydroxylation is 1. The van der Waals surface area contributed by atoms with Gasteiger partial charge in [-0.15, -0.1) is 0 Å². The highest BCUT2D eigenvalue weighted by atomic mass is 31.2. The second kappa shape index (κ2) is 6.36. The first-order valence-electron chi connectivity index (χ1n) is 5.34. The van der Waals surface area contributed by atoms with Crippen LogP contribution >= 0.6 is 7.82 Å². The lowest BCUT2D eigenvalue weighted by molar-refractivity contribution is 0.0600. The van der Waals surface area contributed by atoms with Crippen molar-refractivity contribution >= 4 is 19.9 Å². The molecule has 0 bridgehead atoms. The highest BCUT2D eigenvalue weighted by Crippen LogP contribution is 2.44. The number of ether oxygens (including phenoxy) is 1. The Morgan fingerprint density at radius 2 is 2.00 bits per heavy atom. The number of carbonyl (C=O) groups is 2. The fourth-order valence-electron chi connectivity index (χ4n) is 1.19. The van der Waals surface area contributed by atoms with Gasteiger partial charge in [-0.2, -0.15) is 0 Å². The van der Waals surface area contributed by atoms with Crippen LogP contribution < -0.4 is 0 Å². The second-order valence-electron chi connectivity index (χ2n) is 3.49. The smallest absolute Gasteiger partial charge is 0.434 e. The SMILES string of the molecule is CCOC(=O)OP(=O)(O)OC(=O)c1cccc(C)c1. The fourth-order valence-corrected chi connectivity index (χ4v) is 1.78. The molecule has 0 radical (unpaired) electrons. The first kappa shape index (κ1) is 15.2. The van der Waals surface area contributed by atoms with Crippen LogP contribution in [-0.2, 0) is 18.3 Å². The number of rotatable bonds is 4. The van der Waals surface area contributed by atoms with E-state index in [0.717, 1.165) is 5.56 Å². The minimum atomic E-state index is -4.84. The number of phosphoric acid groups is 1. The molecule has 0 spiro atoms. The van der Waals surface area contributed by atoms with Crippen LogP contribution in [0, 0.1) is 6.92 Å². The normalized spacial score (nSPS) is 13.2. The number of hydrogen-bond donors (Lipinski definition) is 1. The summed E-state index contributed by atoms with van der Waals surface area (Å²) in [5.41, 5.74) is 0.843. The Bertz CT molecular complexity index is 526. The maximum Gasteiger partial charge on any atom is 0.591 e. The summed E-state index contributed by atoms with van der Waals surface area (Å²) in [7, 11) is -4.84. The van der Waals surface area contributed by atoms with E-state index in [1.165, 1.54) is 19.1 Å². The van der Waals surface area contributed by atoms with Crippen LogP contribution in [0.4, 0.5) is 4.79 Å². The first-order valence-corrected chi connectivity index (χ1v) is 6.83. The van der Waals surface area contributed by atoms with Crippen molar-refractivity contribution in [3.05, 3.63) is 35.4 Å². The lowest BCUT2D eigenvalue weighted by Gasteiger charge is -2.11. The van der Waals surface area contributed by atoms with Gasteiger partial charge in [-0.1, -0.05) is 17.7 Å². The van der Waals surface area contributed by atoms with Gasteiger partial charge in [-0.05, 0) is 26.0 Å². The Balaban J connectivity index is 2.70. The zero-order valence-corrected chi connectivity index (χ0v) is 11.3. The van der Waals surface area contributed by atoms with Gasteiger partial charge in [0, 0.05) is 0 Å². The molecule has 0 heterocycles. The number of carbonyl (C=O) groups excluding carboxylic acids is 2. The monoisotopic (exact) mass is 288 g/mol. The molecule has 0 fully saturated rings. The molecule has 1 rings (SSSR count). The predicted octanol–water partition coefficient (Wildman–Crippen LogP) is 2.43. The Morgan fingerprint density at radius 1 is 1.32 bits per heavy atom. The standard InChI is InChI=1S/C11H13O7P/c1-3-16-11(13)18-19(14,15)17-10(12)9-6-4-5-8(2)7-9/h4-7H,3H2,1-2H3,(H,14,15). The summed E-state index contributed by atoms with van der Waals surface area (Å²) in [6.45, 7) is 3.19. The topological polar surface area (TPSA) is 99.1 Å². The van der Waals surface area contributed by atoms with Crippen LogP contribution in [0.1, 0.15) is 22.8 Å². The molecule has 0 aliphatic carbocycles. The van der Waals surface area contributed by atoms with Crippen molar-refractivity contribution in [1.29, 1.82) is 0 Å². The van der Waals surface area contributed by atoms with Gasteiger partial charge in [0.25, 0.3) is 0 Å². The van der Waals surface area contributed by atoms with Gasteiger partial charge < -0.3 is 13.8 Å². The quantitative estimate of drug-likeness (QED) is 0.670. The molecular weight excluding hydrogens is 275 g/mol. The Kier molecular flexibility index (Phi) is 5.09. The molecule has 0 saturated carbocycles. The summed E-state index contributed by atoms with van der Waals surface area (Å²) in [6.07, 6.45) is -1.38.